The summed E-state index contributed by atoms with van der Waals surface area (Å²) in [5.41, 5.74) is 10.2. The number of aryl methyl sites for hydroxylation is 3. The Kier molecular flexibility index (Phi) is 5.75. The second kappa shape index (κ2) is 6.89. The molecule has 3 nitrogen and oxygen atoms in total. The summed E-state index contributed by atoms with van der Waals surface area (Å²) in [6.45, 7) is 10.8. The van der Waals surface area contributed by atoms with E-state index in [1.54, 1.807) is 0 Å². The summed E-state index contributed by atoms with van der Waals surface area (Å²) in [6, 6.07) is 4.31. The van der Waals surface area contributed by atoms with Gasteiger partial charge in [0, 0.05) is 6.54 Å². The highest BCUT2D eigenvalue weighted by Crippen LogP contribution is 2.31. The van der Waals surface area contributed by atoms with Gasteiger partial charge in [-0.3, -0.25) is 4.79 Å². The minimum atomic E-state index is -0.610. The molecule has 0 radical (unpaired) electrons. The van der Waals surface area contributed by atoms with Gasteiger partial charge >= 0.3 is 5.97 Å². The molecule has 0 saturated heterocycles. The summed E-state index contributed by atoms with van der Waals surface area (Å²) in [6.07, 6.45) is 1.34. The molecular formula is C17H27NO2. The third-order valence-electron chi connectivity index (χ3n) is 4.13. The molecule has 0 saturated carbocycles. The van der Waals surface area contributed by atoms with Crippen LogP contribution in [0.4, 0.5) is 0 Å². The van der Waals surface area contributed by atoms with Crippen LogP contribution in [0.15, 0.2) is 12.1 Å². The zero-order valence-corrected chi connectivity index (χ0v) is 13.4. The molecule has 0 aromatic heterocycles. The Labute approximate surface area is 122 Å². The van der Waals surface area contributed by atoms with Crippen LogP contribution in [0.1, 0.15) is 42.5 Å². The highest BCUT2D eigenvalue weighted by molar-refractivity contribution is 5.77. The van der Waals surface area contributed by atoms with Gasteiger partial charge < -0.3 is 10.5 Å². The molecule has 0 bridgehead atoms. The highest BCUT2D eigenvalue weighted by atomic mass is 16.5. The van der Waals surface area contributed by atoms with E-state index in [1.807, 2.05) is 13.8 Å². The van der Waals surface area contributed by atoms with Gasteiger partial charge in [-0.2, -0.15) is 0 Å². The van der Waals surface area contributed by atoms with Crippen molar-refractivity contribution in [3.8, 4) is 0 Å². The van der Waals surface area contributed by atoms with Gasteiger partial charge in [0.2, 0.25) is 0 Å². The van der Waals surface area contributed by atoms with Gasteiger partial charge in [0.15, 0.2) is 0 Å². The normalized spacial score (nSPS) is 13.9. The molecule has 1 atom stereocenters. The van der Waals surface area contributed by atoms with E-state index in [2.05, 4.69) is 32.9 Å². The van der Waals surface area contributed by atoms with Gasteiger partial charge in [-0.25, -0.2) is 0 Å². The van der Waals surface area contributed by atoms with Crippen molar-refractivity contribution in [2.45, 2.75) is 47.5 Å². The van der Waals surface area contributed by atoms with E-state index in [0.29, 0.717) is 26.0 Å². The van der Waals surface area contributed by atoms with Gasteiger partial charge in [-0.1, -0.05) is 24.6 Å². The van der Waals surface area contributed by atoms with E-state index >= 15 is 0 Å². The van der Waals surface area contributed by atoms with E-state index in [4.69, 9.17) is 10.5 Å². The Hall–Kier alpha value is -1.35. The number of hydrogen-bond acceptors (Lipinski definition) is 3. The van der Waals surface area contributed by atoms with Gasteiger partial charge in [0.25, 0.3) is 0 Å². The topological polar surface area (TPSA) is 52.3 Å². The van der Waals surface area contributed by atoms with Gasteiger partial charge in [0.05, 0.1) is 12.0 Å². The molecule has 0 amide bonds. The number of esters is 1. The van der Waals surface area contributed by atoms with E-state index in [1.165, 1.54) is 22.3 Å². The zero-order chi connectivity index (χ0) is 15.3. The second-order valence-corrected chi connectivity index (χ2v) is 5.61. The number of benzene rings is 1. The zero-order valence-electron chi connectivity index (χ0n) is 13.4. The molecule has 2 N–H and O–H groups in total. The maximum atomic E-state index is 12.3. The van der Waals surface area contributed by atoms with Crippen LogP contribution in [0, 0.1) is 26.2 Å². The summed E-state index contributed by atoms with van der Waals surface area (Å²) in [7, 11) is 0. The first-order chi connectivity index (χ1) is 9.40. The summed E-state index contributed by atoms with van der Waals surface area (Å²) in [5, 5.41) is 0. The Balaban J connectivity index is 3.17. The summed E-state index contributed by atoms with van der Waals surface area (Å²) >= 11 is 0. The summed E-state index contributed by atoms with van der Waals surface area (Å²) in [5.74, 6) is -0.177. The first-order valence-corrected chi connectivity index (χ1v) is 7.34. The van der Waals surface area contributed by atoms with Crippen LogP contribution in [0.5, 0.6) is 0 Å². The molecule has 20 heavy (non-hydrogen) atoms. The second-order valence-electron chi connectivity index (χ2n) is 5.61. The largest absolute Gasteiger partial charge is 0.466 e. The fourth-order valence-corrected chi connectivity index (χ4v) is 2.75. The van der Waals surface area contributed by atoms with Crippen LogP contribution in [-0.2, 0) is 16.0 Å². The smallest absolute Gasteiger partial charge is 0.313 e. The lowest BCUT2D eigenvalue weighted by atomic mass is 9.77. The molecule has 0 spiro atoms. The van der Waals surface area contributed by atoms with Crippen molar-refractivity contribution in [3.63, 3.8) is 0 Å². The average molecular weight is 277 g/mol. The van der Waals surface area contributed by atoms with Gasteiger partial charge in [-0.15, -0.1) is 0 Å². The lowest BCUT2D eigenvalue weighted by molar-refractivity contribution is -0.155. The standard InChI is InChI=1S/C17H27NO2/c1-6-17(11-18,16(19)20-7-2)10-15-13(4)8-12(3)9-14(15)5/h8-9H,6-7,10-11,18H2,1-5H3. The van der Waals surface area contributed by atoms with Crippen molar-refractivity contribution in [2.24, 2.45) is 11.1 Å². The molecule has 112 valence electrons. The van der Waals surface area contributed by atoms with Crippen molar-refractivity contribution >= 4 is 5.97 Å². The highest BCUT2D eigenvalue weighted by Gasteiger charge is 2.37. The number of nitrogens with two attached hydrogens (primary N) is 1. The molecule has 0 heterocycles. The van der Waals surface area contributed by atoms with Crippen molar-refractivity contribution in [1.29, 1.82) is 0 Å². The van der Waals surface area contributed by atoms with Crippen LogP contribution in [0.2, 0.25) is 0 Å². The molecule has 0 aliphatic heterocycles. The van der Waals surface area contributed by atoms with Crippen LogP contribution in [-0.4, -0.2) is 19.1 Å². The van der Waals surface area contributed by atoms with Crippen molar-refractivity contribution in [1.82, 2.24) is 0 Å². The lowest BCUT2D eigenvalue weighted by Gasteiger charge is -2.30. The van der Waals surface area contributed by atoms with Crippen molar-refractivity contribution in [2.75, 3.05) is 13.2 Å². The molecule has 1 aromatic rings. The van der Waals surface area contributed by atoms with Crippen LogP contribution >= 0.6 is 0 Å². The van der Waals surface area contributed by atoms with E-state index in [9.17, 15) is 4.79 Å². The first-order valence-electron chi connectivity index (χ1n) is 7.34. The number of hydrogen-bond donors (Lipinski definition) is 1. The Morgan fingerprint density at radius 1 is 1.20 bits per heavy atom. The SMILES string of the molecule is CCOC(=O)C(CC)(CN)Cc1c(C)cc(C)cc1C. The molecule has 0 aliphatic carbocycles. The quantitative estimate of drug-likeness (QED) is 0.813. The summed E-state index contributed by atoms with van der Waals surface area (Å²) < 4.78 is 5.25. The maximum absolute atomic E-state index is 12.3. The summed E-state index contributed by atoms with van der Waals surface area (Å²) in [4.78, 5) is 12.3. The van der Waals surface area contributed by atoms with Crippen molar-refractivity contribution in [3.05, 3.63) is 34.4 Å². The molecule has 1 unspecified atom stereocenters. The predicted octanol–water partition coefficient (Wildman–Crippen LogP) is 3.07. The van der Waals surface area contributed by atoms with Gasteiger partial charge in [0.1, 0.15) is 0 Å². The monoisotopic (exact) mass is 277 g/mol. The van der Waals surface area contributed by atoms with Gasteiger partial charge in [-0.05, 0) is 57.2 Å². The number of ether oxygens (including phenoxy) is 1. The number of carbonyl (C=O) groups excluding carboxylic acids is 1. The number of rotatable bonds is 6. The van der Waals surface area contributed by atoms with Crippen LogP contribution in [0.25, 0.3) is 0 Å². The van der Waals surface area contributed by atoms with E-state index < -0.39 is 5.41 Å². The van der Waals surface area contributed by atoms with Crippen molar-refractivity contribution < 1.29 is 9.53 Å². The third kappa shape index (κ3) is 3.40. The molecule has 1 rings (SSSR count). The Morgan fingerprint density at radius 2 is 1.75 bits per heavy atom. The minimum absolute atomic E-state index is 0.177. The minimum Gasteiger partial charge on any atom is -0.466 e. The average Bonchev–Trinajstić information content (AvgIpc) is 2.39. The van der Waals surface area contributed by atoms with Crippen LogP contribution < -0.4 is 5.73 Å². The third-order valence-corrected chi connectivity index (χ3v) is 4.13. The fourth-order valence-electron chi connectivity index (χ4n) is 2.75. The Morgan fingerprint density at radius 3 is 2.15 bits per heavy atom. The number of carbonyl (C=O) groups is 1. The van der Waals surface area contributed by atoms with Crippen LogP contribution in [0.3, 0.4) is 0 Å². The van der Waals surface area contributed by atoms with E-state index in [-0.39, 0.29) is 5.97 Å². The molecule has 0 fully saturated rings. The van der Waals surface area contributed by atoms with E-state index in [0.717, 1.165) is 0 Å². The lowest BCUT2D eigenvalue weighted by Crippen LogP contribution is -2.41. The molecule has 1 aromatic carbocycles. The first kappa shape index (κ1) is 16.7. The fraction of sp³-hybridized carbons (Fsp3) is 0.588. The maximum Gasteiger partial charge on any atom is 0.313 e. The molecule has 0 aliphatic rings. The Bertz CT molecular complexity index is 453. The molecular weight excluding hydrogens is 250 g/mol. The molecule has 3 heteroatoms. The predicted molar refractivity (Wildman–Crippen MR) is 82.8 cm³/mol.